The average Bonchev–Trinajstić information content (AvgIpc) is 2.15. The first-order valence-corrected chi connectivity index (χ1v) is 6.03. The molecule has 1 aromatic carbocycles. The molecule has 0 saturated carbocycles. The van der Waals surface area contributed by atoms with E-state index in [1.807, 2.05) is 0 Å². The van der Waals surface area contributed by atoms with Crippen molar-refractivity contribution in [2.24, 2.45) is 0 Å². The molecular weight excluding hydrogens is 238 g/mol. The van der Waals surface area contributed by atoms with Crippen LogP contribution in [0.1, 0.15) is 31.7 Å². The summed E-state index contributed by atoms with van der Waals surface area (Å²) in [6.45, 7) is 5.39. The highest BCUT2D eigenvalue weighted by Crippen LogP contribution is 2.23. The van der Waals surface area contributed by atoms with Gasteiger partial charge in [-0.05, 0) is 47.0 Å². The van der Waals surface area contributed by atoms with Crippen LogP contribution in [0, 0.1) is 6.92 Å². The largest absolute Gasteiger partial charge is 0.384 e. The maximum atomic E-state index is 3.55. The molecule has 1 rings (SSSR count). The van der Waals surface area contributed by atoms with Gasteiger partial charge in [-0.3, -0.25) is 0 Å². The van der Waals surface area contributed by atoms with Gasteiger partial charge in [0.05, 0.1) is 0 Å². The predicted octanol–water partition coefficient (Wildman–Crippen LogP) is 4.36. The number of aryl methyl sites for hydroxylation is 1. The summed E-state index contributed by atoms with van der Waals surface area (Å²) < 4.78 is 1.16. The van der Waals surface area contributed by atoms with Crippen LogP contribution in [0.15, 0.2) is 22.7 Å². The van der Waals surface area contributed by atoms with E-state index in [0.717, 1.165) is 11.0 Å². The molecule has 1 N–H and O–H groups in total. The lowest BCUT2D eigenvalue weighted by Crippen LogP contribution is -2.01. The van der Waals surface area contributed by atoms with E-state index >= 15 is 0 Å². The van der Waals surface area contributed by atoms with Gasteiger partial charge >= 0.3 is 0 Å². The molecule has 0 unspecified atom stereocenters. The minimum atomic E-state index is 1.06. The summed E-state index contributed by atoms with van der Waals surface area (Å²) in [6, 6.07) is 6.40. The summed E-state index contributed by atoms with van der Waals surface area (Å²) >= 11 is 3.55. The van der Waals surface area contributed by atoms with Crippen molar-refractivity contribution in [3.05, 3.63) is 28.2 Å². The summed E-state index contributed by atoms with van der Waals surface area (Å²) in [5, 5.41) is 3.43. The van der Waals surface area contributed by atoms with Crippen molar-refractivity contribution in [3.63, 3.8) is 0 Å². The zero-order valence-corrected chi connectivity index (χ0v) is 10.5. The Morgan fingerprint density at radius 3 is 2.71 bits per heavy atom. The molecule has 0 radical (unpaired) electrons. The molecule has 1 aromatic rings. The molecule has 0 saturated heterocycles. The maximum Gasteiger partial charge on any atom is 0.0484 e. The molecule has 0 aliphatic carbocycles. The van der Waals surface area contributed by atoms with Crippen molar-refractivity contribution in [1.82, 2.24) is 0 Å². The topological polar surface area (TPSA) is 12.0 Å². The van der Waals surface area contributed by atoms with Crippen LogP contribution in [0.5, 0.6) is 0 Å². The Morgan fingerprint density at radius 1 is 1.29 bits per heavy atom. The molecule has 0 bridgehead atoms. The molecule has 0 amide bonds. The predicted molar refractivity (Wildman–Crippen MR) is 66.9 cm³/mol. The Hall–Kier alpha value is -0.500. The van der Waals surface area contributed by atoms with Crippen LogP contribution in [0.4, 0.5) is 5.69 Å². The molecule has 2 heteroatoms. The quantitative estimate of drug-likeness (QED) is 0.772. The second kappa shape index (κ2) is 6.07. The molecule has 0 spiro atoms. The van der Waals surface area contributed by atoms with Crippen LogP contribution in [0.25, 0.3) is 0 Å². The van der Waals surface area contributed by atoms with Gasteiger partial charge in [-0.2, -0.15) is 0 Å². The van der Waals surface area contributed by atoms with Gasteiger partial charge in [-0.25, -0.2) is 0 Å². The first kappa shape index (κ1) is 11.6. The fraction of sp³-hybridized carbons (Fsp3) is 0.500. The molecule has 0 heterocycles. The van der Waals surface area contributed by atoms with E-state index in [1.54, 1.807) is 0 Å². The van der Waals surface area contributed by atoms with Crippen molar-refractivity contribution in [1.29, 1.82) is 0 Å². The van der Waals surface area contributed by atoms with Crippen molar-refractivity contribution >= 4 is 21.6 Å². The molecule has 1 nitrogen and oxygen atoms in total. The van der Waals surface area contributed by atoms with E-state index in [9.17, 15) is 0 Å². The lowest BCUT2D eigenvalue weighted by atomic mass is 10.2. The van der Waals surface area contributed by atoms with Gasteiger partial charge in [0, 0.05) is 16.7 Å². The number of unbranched alkanes of at least 4 members (excludes halogenated alkanes) is 2. The van der Waals surface area contributed by atoms with Crippen LogP contribution in [0.2, 0.25) is 0 Å². The number of hydrogen-bond donors (Lipinski definition) is 1. The molecule has 0 aliphatic heterocycles. The van der Waals surface area contributed by atoms with Crippen LogP contribution < -0.4 is 5.32 Å². The highest BCUT2D eigenvalue weighted by atomic mass is 79.9. The van der Waals surface area contributed by atoms with Gasteiger partial charge in [-0.1, -0.05) is 25.8 Å². The van der Waals surface area contributed by atoms with Gasteiger partial charge < -0.3 is 5.32 Å². The van der Waals surface area contributed by atoms with Crippen molar-refractivity contribution in [2.75, 3.05) is 11.9 Å². The standard InChI is InChI=1S/C12H18BrN/c1-3-4-5-8-14-12-7-6-10(2)9-11(12)13/h6-7,9,14H,3-5,8H2,1-2H3. The highest BCUT2D eigenvalue weighted by Gasteiger charge is 1.97. The normalized spacial score (nSPS) is 10.2. The molecule has 0 aromatic heterocycles. The minimum Gasteiger partial charge on any atom is -0.384 e. The number of nitrogens with one attached hydrogen (secondary N) is 1. The van der Waals surface area contributed by atoms with E-state index in [0.29, 0.717) is 0 Å². The number of rotatable bonds is 5. The zero-order chi connectivity index (χ0) is 10.4. The summed E-state index contributed by atoms with van der Waals surface area (Å²) in [6.07, 6.45) is 3.82. The third kappa shape index (κ3) is 3.70. The van der Waals surface area contributed by atoms with Crippen LogP contribution in [-0.2, 0) is 0 Å². The smallest absolute Gasteiger partial charge is 0.0484 e. The fourth-order valence-corrected chi connectivity index (χ4v) is 1.99. The van der Waals surface area contributed by atoms with Gasteiger partial charge in [0.15, 0.2) is 0 Å². The van der Waals surface area contributed by atoms with Crippen LogP contribution >= 0.6 is 15.9 Å². The Balaban J connectivity index is 2.42. The fourth-order valence-electron chi connectivity index (χ4n) is 1.36. The molecule has 0 aliphatic rings. The maximum absolute atomic E-state index is 3.55. The van der Waals surface area contributed by atoms with Gasteiger partial charge in [0.1, 0.15) is 0 Å². The summed E-state index contributed by atoms with van der Waals surface area (Å²) in [7, 11) is 0. The molecule has 78 valence electrons. The number of benzene rings is 1. The molecule has 14 heavy (non-hydrogen) atoms. The highest BCUT2D eigenvalue weighted by molar-refractivity contribution is 9.10. The number of anilines is 1. The zero-order valence-electron chi connectivity index (χ0n) is 8.94. The minimum absolute atomic E-state index is 1.06. The van der Waals surface area contributed by atoms with Crippen LogP contribution in [0.3, 0.4) is 0 Å². The summed E-state index contributed by atoms with van der Waals surface area (Å²) in [5.74, 6) is 0. The molecule has 0 atom stereocenters. The second-order valence-corrected chi connectivity index (χ2v) is 4.47. The second-order valence-electron chi connectivity index (χ2n) is 3.62. The van der Waals surface area contributed by atoms with Crippen molar-refractivity contribution in [2.45, 2.75) is 33.1 Å². The van der Waals surface area contributed by atoms with Gasteiger partial charge in [0.2, 0.25) is 0 Å². The van der Waals surface area contributed by atoms with Crippen molar-refractivity contribution < 1.29 is 0 Å². The van der Waals surface area contributed by atoms with E-state index in [1.165, 1.54) is 30.5 Å². The van der Waals surface area contributed by atoms with E-state index < -0.39 is 0 Å². The Morgan fingerprint density at radius 2 is 2.07 bits per heavy atom. The first-order chi connectivity index (χ1) is 6.74. The summed E-state index contributed by atoms with van der Waals surface area (Å²) in [4.78, 5) is 0. The third-order valence-electron chi connectivity index (χ3n) is 2.22. The average molecular weight is 256 g/mol. The Labute approximate surface area is 95.0 Å². The third-order valence-corrected chi connectivity index (χ3v) is 2.88. The van der Waals surface area contributed by atoms with Crippen molar-refractivity contribution in [3.8, 4) is 0 Å². The molecule has 0 fully saturated rings. The molecular formula is C12H18BrN. The summed E-state index contributed by atoms with van der Waals surface area (Å²) in [5.41, 5.74) is 2.49. The van der Waals surface area contributed by atoms with E-state index in [-0.39, 0.29) is 0 Å². The lowest BCUT2D eigenvalue weighted by Gasteiger charge is -2.08. The van der Waals surface area contributed by atoms with Gasteiger partial charge in [-0.15, -0.1) is 0 Å². The monoisotopic (exact) mass is 255 g/mol. The lowest BCUT2D eigenvalue weighted by molar-refractivity contribution is 0.743. The number of halogens is 1. The van der Waals surface area contributed by atoms with E-state index in [2.05, 4.69) is 53.3 Å². The SMILES string of the molecule is CCCCCNc1ccc(C)cc1Br. The number of hydrogen-bond acceptors (Lipinski definition) is 1. The van der Waals surface area contributed by atoms with E-state index in [4.69, 9.17) is 0 Å². The first-order valence-electron chi connectivity index (χ1n) is 5.24. The Bertz CT molecular complexity index is 284. The Kier molecular flexibility index (Phi) is 5.02. The van der Waals surface area contributed by atoms with Crippen LogP contribution in [-0.4, -0.2) is 6.54 Å². The van der Waals surface area contributed by atoms with Gasteiger partial charge in [0.25, 0.3) is 0 Å².